The number of aliphatic carboxylic acids is 1. The van der Waals surface area contributed by atoms with Crippen LogP contribution in [0.5, 0.6) is 0 Å². The van der Waals surface area contributed by atoms with Gasteiger partial charge in [0.05, 0.1) is 18.0 Å². The molecule has 3 atom stereocenters. The summed E-state index contributed by atoms with van der Waals surface area (Å²) < 4.78 is 0. The molecule has 32 heavy (non-hydrogen) atoms. The van der Waals surface area contributed by atoms with Crippen LogP contribution in [0.2, 0.25) is 0 Å². The van der Waals surface area contributed by atoms with Gasteiger partial charge in [0.15, 0.2) is 0 Å². The molecule has 1 aliphatic rings. The fourth-order valence-corrected chi connectivity index (χ4v) is 3.21. The molecule has 0 radical (unpaired) electrons. The third kappa shape index (κ3) is 6.94. The van der Waals surface area contributed by atoms with Gasteiger partial charge in [0.1, 0.15) is 24.7 Å². The van der Waals surface area contributed by atoms with Crippen LogP contribution in [0.3, 0.4) is 0 Å². The van der Waals surface area contributed by atoms with Gasteiger partial charge in [-0.2, -0.15) is 0 Å². The summed E-state index contributed by atoms with van der Waals surface area (Å²) in [5.41, 5.74) is 3.04. The summed E-state index contributed by atoms with van der Waals surface area (Å²) in [6.45, 7) is 0.388. The maximum atomic E-state index is 13.2. The standard InChI is InChI=1S/C20H25N5O7/c26-9-3-5-15(24-18(30)13-4-1-7-21-11-13)20(32)25-16(6-2-8-22-25)19(31)23-14(12-27)10-17(28)29/h1,4,7,9,11-12,14-16,22H,2-3,5-6,8,10H2,(H,23,31)(H,24,30)(H,28,29)/t14-,15-,16-/m0/s1. The van der Waals surface area contributed by atoms with Crippen LogP contribution in [0.4, 0.5) is 0 Å². The molecule has 0 bridgehead atoms. The molecule has 1 aliphatic heterocycles. The van der Waals surface area contributed by atoms with E-state index in [-0.39, 0.29) is 24.8 Å². The molecular formula is C20H25N5O7. The summed E-state index contributed by atoms with van der Waals surface area (Å²) in [4.78, 5) is 75.1. The number of hydrogen-bond donors (Lipinski definition) is 4. The third-order valence-corrected chi connectivity index (χ3v) is 4.78. The van der Waals surface area contributed by atoms with Gasteiger partial charge in [0.2, 0.25) is 5.91 Å². The number of carbonyl (C=O) groups excluding carboxylic acids is 5. The van der Waals surface area contributed by atoms with E-state index in [2.05, 4.69) is 21.0 Å². The van der Waals surface area contributed by atoms with Crippen molar-refractivity contribution in [3.63, 3.8) is 0 Å². The van der Waals surface area contributed by atoms with E-state index in [1.165, 1.54) is 18.5 Å². The highest BCUT2D eigenvalue weighted by Gasteiger charge is 2.37. The van der Waals surface area contributed by atoms with Crippen LogP contribution in [0.1, 0.15) is 42.5 Å². The van der Waals surface area contributed by atoms with E-state index in [4.69, 9.17) is 5.11 Å². The molecule has 12 nitrogen and oxygen atoms in total. The fourth-order valence-electron chi connectivity index (χ4n) is 3.21. The Hall–Kier alpha value is -3.67. The van der Waals surface area contributed by atoms with Crippen molar-refractivity contribution in [2.24, 2.45) is 0 Å². The highest BCUT2D eigenvalue weighted by molar-refractivity contribution is 5.98. The second-order valence-corrected chi connectivity index (χ2v) is 7.14. The Morgan fingerprint density at radius 1 is 1.28 bits per heavy atom. The maximum absolute atomic E-state index is 13.2. The van der Waals surface area contributed by atoms with Gasteiger partial charge < -0.3 is 25.3 Å². The van der Waals surface area contributed by atoms with E-state index in [1.807, 2.05) is 0 Å². The van der Waals surface area contributed by atoms with Gasteiger partial charge in [-0.25, -0.2) is 5.43 Å². The van der Waals surface area contributed by atoms with Crippen molar-refractivity contribution in [1.29, 1.82) is 0 Å². The topological polar surface area (TPSA) is 175 Å². The van der Waals surface area contributed by atoms with Crippen LogP contribution in [-0.2, 0) is 24.0 Å². The Morgan fingerprint density at radius 3 is 2.69 bits per heavy atom. The predicted molar refractivity (Wildman–Crippen MR) is 109 cm³/mol. The molecule has 2 heterocycles. The number of carbonyl (C=O) groups is 6. The quantitative estimate of drug-likeness (QED) is 0.304. The van der Waals surface area contributed by atoms with Crippen LogP contribution >= 0.6 is 0 Å². The highest BCUT2D eigenvalue weighted by atomic mass is 16.4. The van der Waals surface area contributed by atoms with Crippen LogP contribution in [-0.4, -0.2) is 76.0 Å². The zero-order chi connectivity index (χ0) is 23.5. The number of aldehydes is 2. The first-order valence-corrected chi connectivity index (χ1v) is 10.1. The van der Waals surface area contributed by atoms with Gasteiger partial charge in [0.25, 0.3) is 11.8 Å². The molecule has 0 spiro atoms. The first-order valence-electron chi connectivity index (χ1n) is 10.1. The molecule has 2 rings (SSSR count). The monoisotopic (exact) mass is 447 g/mol. The van der Waals surface area contributed by atoms with Gasteiger partial charge in [0, 0.05) is 25.4 Å². The minimum absolute atomic E-state index is 0.000255. The van der Waals surface area contributed by atoms with Gasteiger partial charge in [-0.05, 0) is 31.4 Å². The Balaban J connectivity index is 2.16. The number of carboxylic acid groups (broad SMARTS) is 1. The summed E-state index contributed by atoms with van der Waals surface area (Å²) in [6, 6.07) is -0.295. The van der Waals surface area contributed by atoms with Crippen LogP contribution < -0.4 is 16.1 Å². The average Bonchev–Trinajstić information content (AvgIpc) is 2.80. The fraction of sp³-hybridized carbons (Fsp3) is 0.450. The minimum atomic E-state index is -1.26. The largest absolute Gasteiger partial charge is 0.481 e. The molecule has 0 unspecified atom stereocenters. The third-order valence-electron chi connectivity index (χ3n) is 4.78. The number of carboxylic acids is 1. The molecule has 1 aromatic heterocycles. The number of nitrogens with one attached hydrogen (secondary N) is 3. The number of amides is 3. The summed E-state index contributed by atoms with van der Waals surface area (Å²) >= 11 is 0. The van der Waals surface area contributed by atoms with E-state index in [1.54, 1.807) is 6.07 Å². The highest BCUT2D eigenvalue weighted by Crippen LogP contribution is 2.15. The molecule has 172 valence electrons. The lowest BCUT2D eigenvalue weighted by atomic mass is 10.0. The molecule has 1 fully saturated rings. The summed E-state index contributed by atoms with van der Waals surface area (Å²) in [5.74, 6) is -3.16. The van der Waals surface area contributed by atoms with E-state index in [0.717, 1.165) is 5.01 Å². The molecule has 0 aromatic carbocycles. The minimum Gasteiger partial charge on any atom is -0.481 e. The number of aromatic nitrogens is 1. The van der Waals surface area contributed by atoms with Crippen molar-refractivity contribution in [3.8, 4) is 0 Å². The number of pyridine rings is 1. The Morgan fingerprint density at radius 2 is 2.06 bits per heavy atom. The van der Waals surface area contributed by atoms with Gasteiger partial charge >= 0.3 is 5.97 Å². The van der Waals surface area contributed by atoms with Crippen molar-refractivity contribution in [3.05, 3.63) is 30.1 Å². The van der Waals surface area contributed by atoms with Crippen LogP contribution in [0.25, 0.3) is 0 Å². The van der Waals surface area contributed by atoms with E-state index in [0.29, 0.717) is 25.5 Å². The molecule has 1 aromatic rings. The molecule has 12 heteroatoms. The lowest BCUT2D eigenvalue weighted by molar-refractivity contribution is -0.149. The average molecular weight is 447 g/mol. The lowest BCUT2D eigenvalue weighted by Crippen LogP contribution is -2.63. The zero-order valence-corrected chi connectivity index (χ0v) is 17.2. The van der Waals surface area contributed by atoms with Gasteiger partial charge in [-0.15, -0.1) is 0 Å². The second-order valence-electron chi connectivity index (χ2n) is 7.14. The van der Waals surface area contributed by atoms with Crippen LogP contribution in [0, 0.1) is 0 Å². The maximum Gasteiger partial charge on any atom is 0.305 e. The summed E-state index contributed by atoms with van der Waals surface area (Å²) in [6.07, 6.45) is 3.98. The lowest BCUT2D eigenvalue weighted by Gasteiger charge is -2.37. The van der Waals surface area contributed by atoms with Crippen molar-refractivity contribution >= 4 is 36.3 Å². The SMILES string of the molecule is O=CCC[C@H](NC(=O)c1cccnc1)C(=O)N1NCCC[C@H]1C(=O)N[C@H](C=O)CC(=O)O. The Bertz CT molecular complexity index is 848. The Kier molecular flexibility index (Phi) is 9.42. The van der Waals surface area contributed by atoms with Gasteiger partial charge in [-0.1, -0.05) is 0 Å². The van der Waals surface area contributed by atoms with Crippen LogP contribution in [0.15, 0.2) is 24.5 Å². The predicted octanol–water partition coefficient (Wildman–Crippen LogP) is -1.19. The van der Waals surface area contributed by atoms with Crippen molar-refractivity contribution in [2.45, 2.75) is 50.2 Å². The number of hydrazine groups is 1. The smallest absolute Gasteiger partial charge is 0.305 e. The zero-order valence-electron chi connectivity index (χ0n) is 17.2. The Labute approximate surface area is 183 Å². The normalized spacial score (nSPS) is 17.5. The summed E-state index contributed by atoms with van der Waals surface area (Å²) in [5, 5.41) is 14.8. The first kappa shape index (κ1) is 24.6. The van der Waals surface area contributed by atoms with E-state index in [9.17, 15) is 28.8 Å². The first-order chi connectivity index (χ1) is 15.4. The number of rotatable bonds is 11. The molecular weight excluding hydrogens is 422 g/mol. The molecule has 0 aliphatic carbocycles. The number of hydrogen-bond acceptors (Lipinski definition) is 8. The molecule has 0 saturated carbocycles. The van der Waals surface area contributed by atoms with Crippen molar-refractivity contribution < 1.29 is 33.9 Å². The number of nitrogens with zero attached hydrogens (tertiary/aromatic N) is 2. The molecule has 3 amide bonds. The molecule has 1 saturated heterocycles. The van der Waals surface area contributed by atoms with E-state index >= 15 is 0 Å². The van der Waals surface area contributed by atoms with E-state index < -0.39 is 48.2 Å². The second kappa shape index (κ2) is 12.2. The van der Waals surface area contributed by atoms with Crippen molar-refractivity contribution in [2.75, 3.05) is 6.54 Å². The molecule has 4 N–H and O–H groups in total. The van der Waals surface area contributed by atoms with Gasteiger partial charge in [-0.3, -0.25) is 29.2 Å². The summed E-state index contributed by atoms with van der Waals surface area (Å²) in [7, 11) is 0. The van der Waals surface area contributed by atoms with Crippen molar-refractivity contribution in [1.82, 2.24) is 26.1 Å².